The van der Waals surface area contributed by atoms with Gasteiger partial charge in [-0.2, -0.15) is 0 Å². The van der Waals surface area contributed by atoms with Crippen LogP contribution in [-0.4, -0.2) is 17.6 Å². The monoisotopic (exact) mass is 279 g/mol. The van der Waals surface area contributed by atoms with Crippen molar-refractivity contribution in [3.8, 4) is 0 Å². The fourth-order valence-electron chi connectivity index (χ4n) is 1.95. The molecule has 0 amide bonds. The van der Waals surface area contributed by atoms with Crippen LogP contribution in [0.1, 0.15) is 58.6 Å². The van der Waals surface area contributed by atoms with Gasteiger partial charge in [0.2, 0.25) is 0 Å². The van der Waals surface area contributed by atoms with E-state index in [1.807, 2.05) is 6.92 Å². The summed E-state index contributed by atoms with van der Waals surface area (Å²) in [5.41, 5.74) is 3.65. The lowest BCUT2D eigenvalue weighted by molar-refractivity contribution is 0.590. The van der Waals surface area contributed by atoms with E-state index >= 15 is 0 Å². The molecule has 0 radical (unpaired) electrons. The average Bonchev–Trinajstić information content (AvgIpc) is 2.33. The van der Waals surface area contributed by atoms with Gasteiger partial charge >= 0.3 is 0 Å². The second kappa shape index (κ2) is 7.09. The van der Waals surface area contributed by atoms with Crippen LogP contribution >= 0.6 is 11.6 Å². The summed E-state index contributed by atoms with van der Waals surface area (Å²) >= 11 is 6.29. The average molecular weight is 280 g/mol. The molecule has 1 unspecified atom stereocenters. The molecule has 106 valence electrons. The van der Waals surface area contributed by atoms with Crippen molar-refractivity contribution in [2.75, 3.05) is 6.54 Å². The summed E-state index contributed by atoms with van der Waals surface area (Å²) in [4.78, 5) is 4.69. The lowest BCUT2D eigenvalue weighted by Gasteiger charge is -2.20. The molecular formula is C17H26ClN. The molecule has 0 N–H and O–H groups in total. The number of unbranched alkanes of at least 4 members (excludes halogenated alkanes) is 1. The third kappa shape index (κ3) is 4.99. The fraction of sp³-hybridized carbons (Fsp3) is 0.588. The number of alkyl halides is 1. The molecule has 1 nitrogen and oxygen atoms in total. The third-order valence-electron chi connectivity index (χ3n) is 3.19. The zero-order valence-electron chi connectivity index (χ0n) is 12.8. The molecule has 0 heterocycles. The minimum Gasteiger partial charge on any atom is -0.288 e. The minimum atomic E-state index is -0.0490. The normalized spacial score (nSPS) is 14.5. The van der Waals surface area contributed by atoms with E-state index in [2.05, 4.69) is 52.0 Å². The number of halogens is 1. The smallest absolute Gasteiger partial charge is 0.0730 e. The van der Waals surface area contributed by atoms with Crippen LogP contribution in [0, 0.1) is 0 Å². The molecule has 0 aliphatic carbocycles. The molecule has 1 rings (SSSR count). The van der Waals surface area contributed by atoms with E-state index in [0.717, 1.165) is 30.7 Å². The van der Waals surface area contributed by atoms with Crippen LogP contribution in [0.2, 0.25) is 0 Å². The quantitative estimate of drug-likeness (QED) is 0.399. The third-order valence-corrected chi connectivity index (χ3v) is 3.40. The van der Waals surface area contributed by atoms with Crippen LogP contribution in [0.4, 0.5) is 0 Å². The summed E-state index contributed by atoms with van der Waals surface area (Å²) in [5.74, 6) is 0. The van der Waals surface area contributed by atoms with Crippen molar-refractivity contribution in [1.29, 1.82) is 0 Å². The topological polar surface area (TPSA) is 12.4 Å². The van der Waals surface area contributed by atoms with Gasteiger partial charge in [0.05, 0.1) is 11.1 Å². The zero-order chi connectivity index (χ0) is 14.5. The van der Waals surface area contributed by atoms with E-state index in [0.29, 0.717) is 0 Å². The Morgan fingerprint density at radius 3 is 2.53 bits per heavy atom. The molecule has 0 aliphatic rings. The molecule has 0 aromatic heterocycles. The Morgan fingerprint density at radius 1 is 1.32 bits per heavy atom. The van der Waals surface area contributed by atoms with Gasteiger partial charge < -0.3 is 0 Å². The molecule has 0 saturated heterocycles. The van der Waals surface area contributed by atoms with Crippen LogP contribution in [0.3, 0.4) is 0 Å². The standard InChI is InChI=1S/C17H26ClN/c1-6-7-11-19-16(13(2)18)14-9-8-10-15(12-14)17(3,4)5/h8-10,12-13H,6-7,11H2,1-5H3. The van der Waals surface area contributed by atoms with Crippen molar-refractivity contribution < 1.29 is 0 Å². The summed E-state index contributed by atoms with van der Waals surface area (Å²) in [5, 5.41) is -0.0490. The first-order valence-electron chi connectivity index (χ1n) is 7.15. The van der Waals surface area contributed by atoms with Crippen LogP contribution in [0.5, 0.6) is 0 Å². The van der Waals surface area contributed by atoms with Gasteiger partial charge in [0.25, 0.3) is 0 Å². The molecular weight excluding hydrogens is 254 g/mol. The number of hydrogen-bond donors (Lipinski definition) is 0. The predicted molar refractivity (Wildman–Crippen MR) is 86.8 cm³/mol. The Hall–Kier alpha value is -0.820. The minimum absolute atomic E-state index is 0.0490. The van der Waals surface area contributed by atoms with Crippen LogP contribution in [-0.2, 0) is 5.41 Å². The summed E-state index contributed by atoms with van der Waals surface area (Å²) in [6.45, 7) is 11.7. The van der Waals surface area contributed by atoms with Crippen molar-refractivity contribution in [3.05, 3.63) is 35.4 Å². The Labute approximate surface area is 123 Å². The maximum absolute atomic E-state index is 6.29. The number of hydrogen-bond acceptors (Lipinski definition) is 1. The van der Waals surface area contributed by atoms with Crippen molar-refractivity contribution in [3.63, 3.8) is 0 Å². The number of rotatable bonds is 5. The van der Waals surface area contributed by atoms with Crippen LogP contribution in [0.15, 0.2) is 29.3 Å². The predicted octanol–water partition coefficient (Wildman–Crippen LogP) is 5.20. The SMILES string of the molecule is CCCCN=C(c1cccc(C(C)(C)C)c1)C(C)Cl. The van der Waals surface area contributed by atoms with Gasteiger partial charge in [0.1, 0.15) is 0 Å². The molecule has 2 heteroatoms. The molecule has 0 bridgehead atoms. The Morgan fingerprint density at radius 2 is 2.00 bits per heavy atom. The second-order valence-corrected chi connectivity index (χ2v) is 6.72. The summed E-state index contributed by atoms with van der Waals surface area (Å²) in [7, 11) is 0. The first kappa shape index (κ1) is 16.2. The highest BCUT2D eigenvalue weighted by Crippen LogP contribution is 2.24. The van der Waals surface area contributed by atoms with Gasteiger partial charge in [-0.3, -0.25) is 4.99 Å². The highest BCUT2D eigenvalue weighted by molar-refractivity contribution is 6.34. The van der Waals surface area contributed by atoms with E-state index in [1.54, 1.807) is 0 Å². The van der Waals surface area contributed by atoms with E-state index in [-0.39, 0.29) is 10.8 Å². The van der Waals surface area contributed by atoms with E-state index in [4.69, 9.17) is 16.6 Å². The van der Waals surface area contributed by atoms with Crippen molar-refractivity contribution in [1.82, 2.24) is 0 Å². The molecule has 0 saturated carbocycles. The second-order valence-electron chi connectivity index (χ2n) is 6.07. The van der Waals surface area contributed by atoms with Crippen molar-refractivity contribution in [2.45, 2.75) is 58.3 Å². The Bertz CT molecular complexity index is 427. The summed E-state index contributed by atoms with van der Waals surface area (Å²) < 4.78 is 0. The van der Waals surface area contributed by atoms with Crippen LogP contribution in [0.25, 0.3) is 0 Å². The first-order valence-corrected chi connectivity index (χ1v) is 7.59. The molecule has 1 aromatic rings. The number of benzene rings is 1. The van der Waals surface area contributed by atoms with Crippen LogP contribution < -0.4 is 0 Å². The molecule has 19 heavy (non-hydrogen) atoms. The lowest BCUT2D eigenvalue weighted by atomic mass is 9.85. The van der Waals surface area contributed by atoms with Crippen molar-refractivity contribution >= 4 is 17.3 Å². The maximum Gasteiger partial charge on any atom is 0.0730 e. The van der Waals surface area contributed by atoms with Gasteiger partial charge in [-0.15, -0.1) is 11.6 Å². The van der Waals surface area contributed by atoms with Gasteiger partial charge in [0, 0.05) is 6.54 Å². The van der Waals surface area contributed by atoms with Gasteiger partial charge in [-0.1, -0.05) is 52.3 Å². The summed E-state index contributed by atoms with van der Waals surface area (Å²) in [6.07, 6.45) is 2.28. The zero-order valence-corrected chi connectivity index (χ0v) is 13.6. The molecule has 1 atom stereocenters. The van der Waals surface area contributed by atoms with E-state index in [1.165, 1.54) is 5.56 Å². The molecule has 0 spiro atoms. The molecule has 0 aliphatic heterocycles. The largest absolute Gasteiger partial charge is 0.288 e. The van der Waals surface area contributed by atoms with E-state index < -0.39 is 0 Å². The highest BCUT2D eigenvalue weighted by atomic mass is 35.5. The maximum atomic E-state index is 6.29. The van der Waals surface area contributed by atoms with Gasteiger partial charge in [-0.25, -0.2) is 0 Å². The van der Waals surface area contributed by atoms with Crippen molar-refractivity contribution in [2.24, 2.45) is 4.99 Å². The number of aliphatic imine (C=N–C) groups is 1. The Kier molecular flexibility index (Phi) is 6.06. The fourth-order valence-corrected chi connectivity index (χ4v) is 2.14. The van der Waals surface area contributed by atoms with Gasteiger partial charge in [-0.05, 0) is 36.0 Å². The summed E-state index contributed by atoms with van der Waals surface area (Å²) in [6, 6.07) is 8.61. The van der Waals surface area contributed by atoms with Gasteiger partial charge in [0.15, 0.2) is 0 Å². The molecule has 0 fully saturated rings. The first-order chi connectivity index (χ1) is 8.86. The molecule has 1 aromatic carbocycles. The Balaban J connectivity index is 3.07. The number of nitrogens with zero attached hydrogens (tertiary/aromatic N) is 1. The van der Waals surface area contributed by atoms with E-state index in [9.17, 15) is 0 Å². The highest BCUT2D eigenvalue weighted by Gasteiger charge is 2.16. The lowest BCUT2D eigenvalue weighted by Crippen LogP contribution is -2.16.